The number of hydrogen-bond acceptors (Lipinski definition) is 3. The SMILES string of the molecule is CC(C)CNC[C@H](O)C(CC(C)C)NC(=O)O. The number of nitrogens with one attached hydrogen (secondary N) is 2. The minimum Gasteiger partial charge on any atom is -0.465 e. The van der Waals surface area contributed by atoms with Gasteiger partial charge >= 0.3 is 6.09 Å². The highest BCUT2D eigenvalue weighted by Gasteiger charge is 2.21. The highest BCUT2D eigenvalue weighted by molar-refractivity contribution is 5.64. The fourth-order valence-electron chi connectivity index (χ4n) is 1.64. The molecule has 2 atom stereocenters. The molecule has 0 saturated heterocycles. The Kier molecular flexibility index (Phi) is 7.91. The Bertz CT molecular complexity index is 220. The van der Waals surface area contributed by atoms with E-state index in [1.54, 1.807) is 0 Å². The van der Waals surface area contributed by atoms with Gasteiger partial charge in [-0.2, -0.15) is 0 Å². The fraction of sp³-hybridized carbons (Fsp3) is 0.917. The third kappa shape index (κ3) is 8.94. The summed E-state index contributed by atoms with van der Waals surface area (Å²) < 4.78 is 0. The molecule has 0 spiro atoms. The van der Waals surface area contributed by atoms with Crippen LogP contribution in [-0.4, -0.2) is 41.5 Å². The first-order valence-corrected chi connectivity index (χ1v) is 6.21. The molecule has 0 aliphatic rings. The number of amides is 1. The van der Waals surface area contributed by atoms with Crippen LogP contribution in [0.25, 0.3) is 0 Å². The molecule has 0 aliphatic carbocycles. The van der Waals surface area contributed by atoms with E-state index in [0.717, 1.165) is 6.54 Å². The maximum Gasteiger partial charge on any atom is 0.404 e. The van der Waals surface area contributed by atoms with Crippen molar-refractivity contribution in [2.45, 2.75) is 46.3 Å². The largest absolute Gasteiger partial charge is 0.465 e. The number of rotatable bonds is 8. The minimum atomic E-state index is -1.08. The first-order chi connectivity index (χ1) is 7.82. The normalized spacial score (nSPS) is 15.0. The van der Waals surface area contributed by atoms with E-state index in [-0.39, 0.29) is 0 Å². The molecule has 0 saturated carbocycles. The summed E-state index contributed by atoms with van der Waals surface area (Å²) in [5, 5.41) is 24.2. The van der Waals surface area contributed by atoms with Gasteiger partial charge in [0.2, 0.25) is 0 Å². The smallest absolute Gasteiger partial charge is 0.404 e. The van der Waals surface area contributed by atoms with E-state index in [2.05, 4.69) is 24.5 Å². The molecule has 0 heterocycles. The highest BCUT2D eigenvalue weighted by atomic mass is 16.4. The third-order valence-corrected chi connectivity index (χ3v) is 2.40. The maximum absolute atomic E-state index is 10.6. The average Bonchev–Trinajstić information content (AvgIpc) is 2.14. The molecule has 0 aromatic rings. The number of carbonyl (C=O) groups is 1. The van der Waals surface area contributed by atoms with Gasteiger partial charge in [-0.3, -0.25) is 0 Å². The summed E-state index contributed by atoms with van der Waals surface area (Å²) in [6, 6.07) is -0.410. The molecule has 0 aromatic heterocycles. The van der Waals surface area contributed by atoms with E-state index >= 15 is 0 Å². The van der Waals surface area contributed by atoms with E-state index < -0.39 is 18.2 Å². The Hall–Kier alpha value is -0.810. The molecular formula is C12H26N2O3. The molecule has 0 aliphatic heterocycles. The number of aliphatic hydroxyl groups excluding tert-OH is 1. The second kappa shape index (κ2) is 8.31. The molecule has 5 nitrogen and oxygen atoms in total. The van der Waals surface area contributed by atoms with Gasteiger partial charge in [0.05, 0.1) is 12.1 Å². The minimum absolute atomic E-state index is 0.339. The summed E-state index contributed by atoms with van der Waals surface area (Å²) in [6.07, 6.45) is -1.14. The van der Waals surface area contributed by atoms with Gasteiger partial charge in [-0.05, 0) is 24.8 Å². The molecule has 0 radical (unpaired) electrons. The van der Waals surface area contributed by atoms with Gasteiger partial charge in [-0.1, -0.05) is 27.7 Å². The van der Waals surface area contributed by atoms with Crippen molar-refractivity contribution in [2.75, 3.05) is 13.1 Å². The quantitative estimate of drug-likeness (QED) is 0.520. The first kappa shape index (κ1) is 16.2. The Labute approximate surface area is 104 Å². The lowest BCUT2D eigenvalue weighted by Crippen LogP contribution is -2.48. The van der Waals surface area contributed by atoms with Gasteiger partial charge in [0.1, 0.15) is 0 Å². The Balaban J connectivity index is 4.11. The van der Waals surface area contributed by atoms with Crippen LogP contribution >= 0.6 is 0 Å². The van der Waals surface area contributed by atoms with Crippen LogP contribution < -0.4 is 10.6 Å². The maximum atomic E-state index is 10.6. The van der Waals surface area contributed by atoms with Crippen molar-refractivity contribution >= 4 is 6.09 Å². The van der Waals surface area contributed by atoms with Gasteiger partial charge in [0, 0.05) is 6.54 Å². The molecule has 102 valence electrons. The van der Waals surface area contributed by atoms with Crippen LogP contribution in [0.5, 0.6) is 0 Å². The van der Waals surface area contributed by atoms with Crippen molar-refractivity contribution in [2.24, 2.45) is 11.8 Å². The predicted molar refractivity (Wildman–Crippen MR) is 68.1 cm³/mol. The van der Waals surface area contributed by atoms with Gasteiger partial charge in [-0.15, -0.1) is 0 Å². The molecule has 17 heavy (non-hydrogen) atoms. The molecule has 5 heteroatoms. The van der Waals surface area contributed by atoms with Crippen molar-refractivity contribution in [1.29, 1.82) is 0 Å². The van der Waals surface area contributed by atoms with Gasteiger partial charge in [0.15, 0.2) is 0 Å². The summed E-state index contributed by atoms with van der Waals surface area (Å²) in [4.78, 5) is 10.6. The van der Waals surface area contributed by atoms with Gasteiger partial charge in [-0.25, -0.2) is 4.79 Å². The average molecular weight is 246 g/mol. The Morgan fingerprint density at radius 3 is 2.12 bits per heavy atom. The van der Waals surface area contributed by atoms with Gasteiger partial charge in [0.25, 0.3) is 0 Å². The van der Waals surface area contributed by atoms with Crippen LogP contribution in [-0.2, 0) is 0 Å². The lowest BCUT2D eigenvalue weighted by molar-refractivity contribution is 0.108. The zero-order valence-corrected chi connectivity index (χ0v) is 11.2. The monoisotopic (exact) mass is 246 g/mol. The van der Waals surface area contributed by atoms with Crippen LogP contribution in [0.3, 0.4) is 0 Å². The topological polar surface area (TPSA) is 81.6 Å². The lowest BCUT2D eigenvalue weighted by Gasteiger charge is -2.25. The van der Waals surface area contributed by atoms with Crippen LogP contribution in [0, 0.1) is 11.8 Å². The predicted octanol–water partition coefficient (Wildman–Crippen LogP) is 1.28. The summed E-state index contributed by atoms with van der Waals surface area (Å²) in [5.74, 6) is 0.852. The van der Waals surface area contributed by atoms with Crippen molar-refractivity contribution in [1.82, 2.24) is 10.6 Å². The first-order valence-electron chi connectivity index (χ1n) is 6.21. The lowest BCUT2D eigenvalue weighted by atomic mass is 9.99. The fourth-order valence-corrected chi connectivity index (χ4v) is 1.64. The standard InChI is InChI=1S/C12H26N2O3/c1-8(2)5-10(14-12(16)17)11(15)7-13-6-9(3)4/h8-11,13-15H,5-7H2,1-4H3,(H,16,17)/t10?,11-/m0/s1. The van der Waals surface area contributed by atoms with Crippen molar-refractivity contribution in [3.05, 3.63) is 0 Å². The number of aliphatic hydroxyl groups is 1. The van der Waals surface area contributed by atoms with Gasteiger partial charge < -0.3 is 20.8 Å². The van der Waals surface area contributed by atoms with Crippen LogP contribution in [0.2, 0.25) is 0 Å². The van der Waals surface area contributed by atoms with Crippen molar-refractivity contribution in [3.63, 3.8) is 0 Å². The molecule has 0 bridgehead atoms. The van der Waals surface area contributed by atoms with Crippen molar-refractivity contribution in [3.8, 4) is 0 Å². The number of hydrogen-bond donors (Lipinski definition) is 4. The van der Waals surface area contributed by atoms with Crippen LogP contribution in [0.15, 0.2) is 0 Å². The zero-order chi connectivity index (χ0) is 13.4. The van der Waals surface area contributed by atoms with E-state index in [4.69, 9.17) is 5.11 Å². The van der Waals surface area contributed by atoms with E-state index in [1.807, 2.05) is 13.8 Å². The number of carboxylic acid groups (broad SMARTS) is 1. The van der Waals surface area contributed by atoms with E-state index in [0.29, 0.717) is 24.8 Å². The molecule has 4 N–H and O–H groups in total. The zero-order valence-electron chi connectivity index (χ0n) is 11.2. The van der Waals surface area contributed by atoms with E-state index in [9.17, 15) is 9.90 Å². The summed E-state index contributed by atoms with van der Waals surface area (Å²) in [7, 11) is 0. The summed E-state index contributed by atoms with van der Waals surface area (Å²) >= 11 is 0. The molecule has 1 amide bonds. The second-order valence-electron chi connectivity index (χ2n) is 5.30. The van der Waals surface area contributed by atoms with Crippen LogP contribution in [0.4, 0.5) is 4.79 Å². The Morgan fingerprint density at radius 2 is 1.71 bits per heavy atom. The Morgan fingerprint density at radius 1 is 1.12 bits per heavy atom. The summed E-state index contributed by atoms with van der Waals surface area (Å²) in [5.41, 5.74) is 0. The van der Waals surface area contributed by atoms with Crippen LogP contribution in [0.1, 0.15) is 34.1 Å². The molecular weight excluding hydrogens is 220 g/mol. The molecule has 1 unspecified atom stereocenters. The molecule has 0 fully saturated rings. The third-order valence-electron chi connectivity index (χ3n) is 2.40. The highest BCUT2D eigenvalue weighted by Crippen LogP contribution is 2.08. The van der Waals surface area contributed by atoms with Crippen molar-refractivity contribution < 1.29 is 15.0 Å². The molecule has 0 rings (SSSR count). The second-order valence-corrected chi connectivity index (χ2v) is 5.30. The van der Waals surface area contributed by atoms with E-state index in [1.165, 1.54) is 0 Å². The summed E-state index contributed by atoms with van der Waals surface area (Å²) in [6.45, 7) is 9.41. The molecule has 0 aromatic carbocycles.